The second kappa shape index (κ2) is 9.76. The fourth-order valence-electron chi connectivity index (χ4n) is 5.46. The van der Waals surface area contributed by atoms with Gasteiger partial charge in [0.25, 0.3) is 5.91 Å². The van der Waals surface area contributed by atoms with Crippen molar-refractivity contribution in [1.82, 2.24) is 4.90 Å². The van der Waals surface area contributed by atoms with Gasteiger partial charge in [-0.3, -0.25) is 9.59 Å². The number of hydrogen-bond acceptors (Lipinski definition) is 2. The lowest BCUT2D eigenvalue weighted by atomic mass is 9.77. The third-order valence-electron chi connectivity index (χ3n) is 7.45. The standard InChI is InChI=1S/C27H26F7NO2/c1-2-3-4-23(36)16-5-7-17(8-6-16)24(37)35-14-13-21-20-11-10-19(15-18(20)9-12-22(21)35)25(28,26(29,30)31)27(32,33)34/h5-8,10-11,15,21-22H,2-4,9,12-14H2,1H3/t21-,22+/m0/s1. The molecule has 0 spiro atoms. The van der Waals surface area contributed by atoms with Gasteiger partial charge in [-0.15, -0.1) is 0 Å². The first-order valence-electron chi connectivity index (χ1n) is 12.2. The maximum atomic E-state index is 14.5. The molecule has 2 aliphatic rings. The molecule has 4 rings (SSSR count). The van der Waals surface area contributed by atoms with E-state index in [1.165, 1.54) is 0 Å². The molecule has 0 radical (unpaired) electrons. The van der Waals surface area contributed by atoms with Gasteiger partial charge in [0.05, 0.1) is 0 Å². The first-order valence-corrected chi connectivity index (χ1v) is 12.2. The number of Topliss-reactive ketones (excluding diaryl/α,β-unsaturated/α-hetero) is 1. The second-order valence-corrected chi connectivity index (χ2v) is 9.67. The number of carbonyl (C=O) groups excluding carboxylic acids is 2. The summed E-state index contributed by atoms with van der Waals surface area (Å²) in [6.45, 7) is 2.35. The van der Waals surface area contributed by atoms with Crippen LogP contribution in [0.3, 0.4) is 0 Å². The molecule has 2 aromatic carbocycles. The Kier molecular flexibility index (Phi) is 7.16. The molecule has 0 saturated carbocycles. The molecule has 1 fully saturated rings. The number of rotatable bonds is 6. The summed E-state index contributed by atoms with van der Waals surface area (Å²) in [4.78, 5) is 27.1. The largest absolute Gasteiger partial charge is 0.435 e. The second-order valence-electron chi connectivity index (χ2n) is 9.67. The first kappa shape index (κ1) is 27.1. The highest BCUT2D eigenvalue weighted by molar-refractivity contribution is 5.99. The maximum Gasteiger partial charge on any atom is 0.435 e. The summed E-state index contributed by atoms with van der Waals surface area (Å²) in [5, 5.41) is 0. The van der Waals surface area contributed by atoms with E-state index in [4.69, 9.17) is 0 Å². The van der Waals surface area contributed by atoms with Crippen LogP contribution >= 0.6 is 0 Å². The third kappa shape index (κ3) is 4.75. The first-order chi connectivity index (χ1) is 17.3. The predicted molar refractivity (Wildman–Crippen MR) is 122 cm³/mol. The van der Waals surface area contributed by atoms with Gasteiger partial charge in [-0.1, -0.05) is 43.7 Å². The number of halogens is 7. The summed E-state index contributed by atoms with van der Waals surface area (Å²) < 4.78 is 93.7. The van der Waals surface area contributed by atoms with E-state index in [-0.39, 0.29) is 35.6 Å². The molecular formula is C27H26F7NO2. The Hall–Kier alpha value is -2.91. The van der Waals surface area contributed by atoms with E-state index in [1.807, 2.05) is 6.92 Å². The van der Waals surface area contributed by atoms with Crippen LogP contribution in [0.25, 0.3) is 0 Å². The van der Waals surface area contributed by atoms with Crippen LogP contribution in [0, 0.1) is 0 Å². The minimum absolute atomic E-state index is 0.00122. The van der Waals surface area contributed by atoms with E-state index in [0.29, 0.717) is 54.6 Å². The smallest absolute Gasteiger partial charge is 0.335 e. The number of benzene rings is 2. The highest BCUT2D eigenvalue weighted by atomic mass is 19.4. The van der Waals surface area contributed by atoms with E-state index >= 15 is 0 Å². The van der Waals surface area contributed by atoms with Crippen molar-refractivity contribution in [2.24, 2.45) is 0 Å². The number of nitrogens with zero attached hydrogens (tertiary/aromatic N) is 1. The average Bonchev–Trinajstić information content (AvgIpc) is 3.29. The fourth-order valence-corrected chi connectivity index (χ4v) is 5.46. The summed E-state index contributed by atoms with van der Waals surface area (Å²) >= 11 is 0. The van der Waals surface area contributed by atoms with Crippen molar-refractivity contribution in [2.75, 3.05) is 6.54 Å². The monoisotopic (exact) mass is 529 g/mol. The highest BCUT2D eigenvalue weighted by Gasteiger charge is 2.73. The summed E-state index contributed by atoms with van der Waals surface area (Å²) in [7, 11) is 0. The Morgan fingerprint density at radius 3 is 2.11 bits per heavy atom. The summed E-state index contributed by atoms with van der Waals surface area (Å²) in [6, 6.07) is 8.49. The number of amides is 1. The lowest BCUT2D eigenvalue weighted by Gasteiger charge is -2.35. The highest BCUT2D eigenvalue weighted by Crippen LogP contribution is 2.54. The molecular weight excluding hydrogens is 503 g/mol. The van der Waals surface area contributed by atoms with Crippen LogP contribution in [0.5, 0.6) is 0 Å². The third-order valence-corrected chi connectivity index (χ3v) is 7.45. The van der Waals surface area contributed by atoms with Crippen LogP contribution in [-0.4, -0.2) is 41.5 Å². The minimum Gasteiger partial charge on any atom is -0.335 e. The van der Waals surface area contributed by atoms with Crippen LogP contribution in [0.15, 0.2) is 42.5 Å². The quantitative estimate of drug-likeness (QED) is 0.291. The number of carbonyl (C=O) groups is 2. The summed E-state index contributed by atoms with van der Waals surface area (Å²) in [5.41, 5.74) is -5.26. The van der Waals surface area contributed by atoms with E-state index in [1.54, 1.807) is 29.2 Å². The number of aryl methyl sites for hydroxylation is 1. The Labute approximate surface area is 209 Å². The van der Waals surface area contributed by atoms with Gasteiger partial charge in [0.2, 0.25) is 0 Å². The van der Waals surface area contributed by atoms with Gasteiger partial charge in [0.15, 0.2) is 5.78 Å². The van der Waals surface area contributed by atoms with Crippen molar-refractivity contribution >= 4 is 11.7 Å². The van der Waals surface area contributed by atoms with Gasteiger partial charge < -0.3 is 4.90 Å². The van der Waals surface area contributed by atoms with E-state index in [0.717, 1.165) is 18.9 Å². The Balaban J connectivity index is 1.54. The molecule has 3 nitrogen and oxygen atoms in total. The van der Waals surface area contributed by atoms with Crippen LogP contribution < -0.4 is 0 Å². The molecule has 1 aliphatic heterocycles. The van der Waals surface area contributed by atoms with Crippen molar-refractivity contribution in [3.05, 3.63) is 70.3 Å². The lowest BCUT2D eigenvalue weighted by Crippen LogP contribution is -2.50. The van der Waals surface area contributed by atoms with Gasteiger partial charge in [0, 0.05) is 41.6 Å². The molecule has 200 valence electrons. The van der Waals surface area contributed by atoms with Crippen molar-refractivity contribution in [1.29, 1.82) is 0 Å². The molecule has 1 heterocycles. The van der Waals surface area contributed by atoms with Gasteiger partial charge in [-0.25, -0.2) is 4.39 Å². The zero-order chi connectivity index (χ0) is 27.2. The average molecular weight is 529 g/mol. The molecule has 1 saturated heterocycles. The minimum atomic E-state index is -6.16. The van der Waals surface area contributed by atoms with Crippen LogP contribution in [0.2, 0.25) is 0 Å². The fraction of sp³-hybridized carbons (Fsp3) is 0.481. The lowest BCUT2D eigenvalue weighted by molar-refractivity contribution is -0.348. The number of fused-ring (bicyclic) bond motifs is 3. The normalized spacial score (nSPS) is 19.9. The molecule has 0 N–H and O–H groups in total. The van der Waals surface area contributed by atoms with Gasteiger partial charge in [0.1, 0.15) is 0 Å². The van der Waals surface area contributed by atoms with Crippen LogP contribution in [0.4, 0.5) is 30.7 Å². The SMILES string of the molecule is CCCCC(=O)c1ccc(C(=O)N2CC[C@H]3c4ccc(C(F)(C(F)(F)F)C(F)(F)F)cc4CC[C@H]32)cc1. The zero-order valence-electron chi connectivity index (χ0n) is 20.1. The van der Waals surface area contributed by atoms with Crippen molar-refractivity contribution in [2.45, 2.75) is 75.4 Å². The molecule has 37 heavy (non-hydrogen) atoms. The summed E-state index contributed by atoms with van der Waals surface area (Å²) in [6.07, 6.45) is -9.30. The Morgan fingerprint density at radius 1 is 0.892 bits per heavy atom. The van der Waals surface area contributed by atoms with Crippen LogP contribution in [-0.2, 0) is 12.1 Å². The number of ketones is 1. The number of hydrogen-bond donors (Lipinski definition) is 0. The predicted octanol–water partition coefficient (Wildman–Crippen LogP) is 7.29. The Morgan fingerprint density at radius 2 is 1.51 bits per heavy atom. The molecule has 0 aromatic heterocycles. The van der Waals surface area contributed by atoms with E-state index in [2.05, 4.69) is 0 Å². The van der Waals surface area contributed by atoms with Crippen LogP contribution in [0.1, 0.15) is 82.4 Å². The molecule has 0 bridgehead atoms. The molecule has 10 heteroatoms. The maximum absolute atomic E-state index is 14.5. The summed E-state index contributed by atoms with van der Waals surface area (Å²) in [5.74, 6) is -0.529. The molecule has 2 atom stereocenters. The van der Waals surface area contributed by atoms with Crippen molar-refractivity contribution in [3.8, 4) is 0 Å². The molecule has 1 amide bonds. The molecule has 1 aliphatic carbocycles. The topological polar surface area (TPSA) is 37.4 Å². The zero-order valence-corrected chi connectivity index (χ0v) is 20.1. The number of alkyl halides is 7. The van der Waals surface area contributed by atoms with E-state index < -0.39 is 23.6 Å². The van der Waals surface area contributed by atoms with Gasteiger partial charge >= 0.3 is 18.0 Å². The van der Waals surface area contributed by atoms with Gasteiger partial charge in [-0.05, 0) is 48.9 Å². The van der Waals surface area contributed by atoms with E-state index in [9.17, 15) is 40.3 Å². The van der Waals surface area contributed by atoms with Crippen molar-refractivity contribution < 1.29 is 40.3 Å². The Bertz CT molecular complexity index is 1160. The van der Waals surface area contributed by atoms with Crippen molar-refractivity contribution in [3.63, 3.8) is 0 Å². The molecule has 2 aromatic rings. The molecule has 0 unspecified atom stereocenters. The number of unbranched alkanes of at least 4 members (excludes halogenated alkanes) is 1. The number of likely N-dealkylation sites (tertiary alicyclic amines) is 1. The van der Waals surface area contributed by atoms with Gasteiger partial charge in [-0.2, -0.15) is 26.3 Å².